The predicted molar refractivity (Wildman–Crippen MR) is 94.5 cm³/mol. The summed E-state index contributed by atoms with van der Waals surface area (Å²) in [5.41, 5.74) is 13.4. The van der Waals surface area contributed by atoms with Crippen LogP contribution < -0.4 is 16.2 Å². The fourth-order valence-corrected chi connectivity index (χ4v) is 3.60. The molecule has 0 spiro atoms. The molecule has 0 unspecified atom stereocenters. The lowest BCUT2D eigenvalue weighted by atomic mass is 10.2. The highest BCUT2D eigenvalue weighted by Gasteiger charge is 2.07. The van der Waals surface area contributed by atoms with Crippen LogP contribution in [0.15, 0.2) is 40.9 Å². The molecule has 2 heterocycles. The predicted octanol–water partition coefficient (Wildman–Crippen LogP) is 3.07. The van der Waals surface area contributed by atoms with Gasteiger partial charge >= 0.3 is 0 Å². The van der Waals surface area contributed by atoms with Crippen LogP contribution in [0.5, 0.6) is 5.75 Å². The number of nitrogens with zero attached hydrogens (tertiary/aromatic N) is 3. The van der Waals surface area contributed by atoms with Gasteiger partial charge in [-0.2, -0.15) is 0 Å². The summed E-state index contributed by atoms with van der Waals surface area (Å²) in [5.74, 6) is 2.24. The lowest BCUT2D eigenvalue weighted by Crippen LogP contribution is -1.99. The molecule has 0 bridgehead atoms. The number of anilines is 2. The number of hydrogen-bond donors (Lipinski definition) is 2. The molecule has 2 aromatic heterocycles. The fraction of sp³-hybridized carbons (Fsp3) is 0.133. The lowest BCUT2D eigenvalue weighted by Gasteiger charge is -2.01. The second-order valence-corrected chi connectivity index (χ2v) is 6.46. The summed E-state index contributed by atoms with van der Waals surface area (Å²) in [6, 6.07) is 9.38. The van der Waals surface area contributed by atoms with E-state index in [4.69, 9.17) is 16.2 Å². The number of methoxy groups -OCH3 is 1. The monoisotopic (exact) mass is 345 g/mol. The van der Waals surface area contributed by atoms with Crippen LogP contribution in [0.25, 0.3) is 10.6 Å². The molecule has 3 aromatic rings. The third kappa shape index (κ3) is 3.91. The van der Waals surface area contributed by atoms with E-state index in [0.717, 1.165) is 22.0 Å². The molecule has 23 heavy (non-hydrogen) atoms. The molecule has 0 radical (unpaired) electrons. The molecule has 118 valence electrons. The molecule has 0 atom stereocenters. The zero-order chi connectivity index (χ0) is 16.2. The summed E-state index contributed by atoms with van der Waals surface area (Å²) in [7, 11) is 1.65. The summed E-state index contributed by atoms with van der Waals surface area (Å²) in [5, 5.41) is 3.56. The van der Waals surface area contributed by atoms with Crippen LogP contribution in [0.2, 0.25) is 0 Å². The normalized spacial score (nSPS) is 10.7. The van der Waals surface area contributed by atoms with Crippen LogP contribution in [0.1, 0.15) is 5.69 Å². The summed E-state index contributed by atoms with van der Waals surface area (Å²) < 4.78 is 5.16. The van der Waals surface area contributed by atoms with Gasteiger partial charge in [0.15, 0.2) is 5.16 Å². The van der Waals surface area contributed by atoms with Gasteiger partial charge in [-0.15, -0.1) is 11.3 Å². The number of ether oxygens (including phenoxy) is 1. The molecule has 8 heteroatoms. The summed E-state index contributed by atoms with van der Waals surface area (Å²) in [4.78, 5) is 12.9. The maximum Gasteiger partial charge on any atom is 0.191 e. The Morgan fingerprint density at radius 1 is 1.09 bits per heavy atom. The molecule has 6 nitrogen and oxygen atoms in total. The van der Waals surface area contributed by atoms with Crippen molar-refractivity contribution in [3.63, 3.8) is 0 Å². The second kappa shape index (κ2) is 6.84. The van der Waals surface area contributed by atoms with Crippen molar-refractivity contribution >= 4 is 34.7 Å². The molecule has 0 aliphatic rings. The molecule has 0 amide bonds. The molecule has 0 fully saturated rings. The quantitative estimate of drug-likeness (QED) is 0.541. The van der Waals surface area contributed by atoms with Gasteiger partial charge in [-0.3, -0.25) is 0 Å². The Labute approximate surface area is 141 Å². The Kier molecular flexibility index (Phi) is 4.63. The van der Waals surface area contributed by atoms with Gasteiger partial charge in [0.1, 0.15) is 22.4 Å². The highest BCUT2D eigenvalue weighted by atomic mass is 32.2. The van der Waals surface area contributed by atoms with E-state index >= 15 is 0 Å². The number of nitrogen functional groups attached to an aromatic ring is 2. The van der Waals surface area contributed by atoms with Crippen molar-refractivity contribution in [1.82, 2.24) is 15.0 Å². The van der Waals surface area contributed by atoms with Gasteiger partial charge in [0.2, 0.25) is 0 Å². The first-order valence-electron chi connectivity index (χ1n) is 6.75. The second-order valence-electron chi connectivity index (χ2n) is 4.66. The van der Waals surface area contributed by atoms with Gasteiger partial charge < -0.3 is 16.2 Å². The van der Waals surface area contributed by atoms with E-state index < -0.39 is 0 Å². The Morgan fingerprint density at radius 2 is 1.78 bits per heavy atom. The number of nitrogens with two attached hydrogens (primary N) is 2. The first-order valence-corrected chi connectivity index (χ1v) is 8.62. The van der Waals surface area contributed by atoms with E-state index in [0.29, 0.717) is 22.5 Å². The van der Waals surface area contributed by atoms with Crippen molar-refractivity contribution in [3.8, 4) is 16.3 Å². The van der Waals surface area contributed by atoms with Gasteiger partial charge in [0, 0.05) is 22.8 Å². The van der Waals surface area contributed by atoms with E-state index in [-0.39, 0.29) is 0 Å². The summed E-state index contributed by atoms with van der Waals surface area (Å²) >= 11 is 3.06. The third-order valence-corrected chi connectivity index (χ3v) is 4.80. The van der Waals surface area contributed by atoms with Crippen LogP contribution in [-0.2, 0) is 5.75 Å². The maximum atomic E-state index is 5.66. The molecular weight excluding hydrogens is 330 g/mol. The standard InChI is InChI=1S/C15H15N5OS2/c1-21-11-4-2-9(3-5-11)14-18-10(7-22-14)8-23-15-19-12(16)6-13(17)20-15/h2-7H,8H2,1H3,(H4,16,17,19,20). The molecule has 4 N–H and O–H groups in total. The van der Waals surface area contributed by atoms with Gasteiger partial charge in [0.25, 0.3) is 0 Å². The molecule has 0 aliphatic carbocycles. The van der Waals surface area contributed by atoms with E-state index in [1.54, 1.807) is 18.4 Å². The van der Waals surface area contributed by atoms with Gasteiger partial charge in [-0.25, -0.2) is 15.0 Å². The van der Waals surface area contributed by atoms with E-state index in [1.807, 2.05) is 29.6 Å². The van der Waals surface area contributed by atoms with Crippen molar-refractivity contribution in [2.24, 2.45) is 0 Å². The van der Waals surface area contributed by atoms with Crippen LogP contribution in [-0.4, -0.2) is 22.1 Å². The van der Waals surface area contributed by atoms with Crippen molar-refractivity contribution in [3.05, 3.63) is 41.4 Å². The van der Waals surface area contributed by atoms with E-state index in [1.165, 1.54) is 17.8 Å². The van der Waals surface area contributed by atoms with Crippen molar-refractivity contribution in [2.45, 2.75) is 10.9 Å². The van der Waals surface area contributed by atoms with Gasteiger partial charge in [-0.1, -0.05) is 11.8 Å². The highest BCUT2D eigenvalue weighted by molar-refractivity contribution is 7.98. The minimum atomic E-state index is 0.372. The first kappa shape index (κ1) is 15.6. The molecule has 1 aromatic carbocycles. The SMILES string of the molecule is COc1ccc(-c2nc(CSc3nc(N)cc(N)n3)cs2)cc1. The van der Waals surface area contributed by atoms with Crippen LogP contribution in [0.3, 0.4) is 0 Å². The Balaban J connectivity index is 1.69. The topological polar surface area (TPSA) is 99.9 Å². The molecule has 0 saturated carbocycles. The van der Waals surface area contributed by atoms with Crippen molar-refractivity contribution in [2.75, 3.05) is 18.6 Å². The van der Waals surface area contributed by atoms with E-state index in [2.05, 4.69) is 15.0 Å². The molecule has 3 rings (SSSR count). The Morgan fingerprint density at radius 3 is 2.43 bits per heavy atom. The number of thiazole rings is 1. The zero-order valence-corrected chi connectivity index (χ0v) is 14.0. The van der Waals surface area contributed by atoms with Crippen LogP contribution in [0.4, 0.5) is 11.6 Å². The third-order valence-electron chi connectivity index (χ3n) is 2.98. The number of benzene rings is 1. The molecule has 0 aliphatic heterocycles. The average Bonchev–Trinajstić information content (AvgIpc) is 3.01. The number of hydrogen-bond acceptors (Lipinski definition) is 8. The smallest absolute Gasteiger partial charge is 0.191 e. The van der Waals surface area contributed by atoms with E-state index in [9.17, 15) is 0 Å². The molecular formula is C15H15N5OS2. The van der Waals surface area contributed by atoms with Crippen LogP contribution >= 0.6 is 23.1 Å². The number of thioether (sulfide) groups is 1. The fourth-order valence-electron chi connectivity index (χ4n) is 1.90. The summed E-state index contributed by atoms with van der Waals surface area (Å²) in [6.45, 7) is 0. The first-order chi connectivity index (χ1) is 11.1. The minimum Gasteiger partial charge on any atom is -0.497 e. The molecule has 0 saturated heterocycles. The van der Waals surface area contributed by atoms with Crippen molar-refractivity contribution < 1.29 is 4.74 Å². The maximum absolute atomic E-state index is 5.66. The minimum absolute atomic E-state index is 0.372. The van der Waals surface area contributed by atoms with Crippen LogP contribution in [0, 0.1) is 0 Å². The summed E-state index contributed by atoms with van der Waals surface area (Å²) in [6.07, 6.45) is 0. The van der Waals surface area contributed by atoms with Gasteiger partial charge in [0.05, 0.1) is 12.8 Å². The largest absolute Gasteiger partial charge is 0.497 e. The lowest BCUT2D eigenvalue weighted by molar-refractivity contribution is 0.415. The number of rotatable bonds is 5. The Bertz CT molecular complexity index is 784. The zero-order valence-electron chi connectivity index (χ0n) is 12.4. The van der Waals surface area contributed by atoms with Crippen molar-refractivity contribution in [1.29, 1.82) is 0 Å². The van der Waals surface area contributed by atoms with Gasteiger partial charge in [-0.05, 0) is 24.3 Å². The highest BCUT2D eigenvalue weighted by Crippen LogP contribution is 2.28. The Hall–Kier alpha value is -2.32. The number of aromatic nitrogens is 3. The average molecular weight is 345 g/mol.